The van der Waals surface area contributed by atoms with Crippen molar-refractivity contribution in [2.24, 2.45) is 5.92 Å². The Morgan fingerprint density at radius 3 is 2.54 bits per heavy atom. The number of hydrogen-bond donors (Lipinski definition) is 0. The van der Waals surface area contributed by atoms with Crippen molar-refractivity contribution in [3.63, 3.8) is 0 Å². The third-order valence-corrected chi connectivity index (χ3v) is 4.82. The number of halogens is 1. The number of rotatable bonds is 5. The van der Waals surface area contributed by atoms with Gasteiger partial charge in [-0.25, -0.2) is 0 Å². The lowest BCUT2D eigenvalue weighted by Gasteiger charge is -2.32. The third kappa shape index (κ3) is 4.16. The molecule has 2 aromatic rings. The van der Waals surface area contributed by atoms with Crippen molar-refractivity contribution in [1.82, 2.24) is 4.90 Å². The van der Waals surface area contributed by atoms with E-state index in [1.807, 2.05) is 24.3 Å². The first-order valence-corrected chi connectivity index (χ1v) is 8.68. The normalized spacial score (nSPS) is 18.3. The maximum Gasteiger partial charge on any atom is 0.167 e. The highest BCUT2D eigenvalue weighted by atomic mass is 35.5. The topological polar surface area (TPSA) is 29.5 Å². The quantitative estimate of drug-likeness (QED) is 0.751. The van der Waals surface area contributed by atoms with Gasteiger partial charge in [0.25, 0.3) is 0 Å². The Hall–Kier alpha value is -1.84. The summed E-state index contributed by atoms with van der Waals surface area (Å²) in [4.78, 5) is 15.1. The summed E-state index contributed by atoms with van der Waals surface area (Å²) >= 11 is 5.91. The second-order valence-electron chi connectivity index (χ2n) is 6.29. The number of ether oxygens (including phenoxy) is 1. The van der Waals surface area contributed by atoms with Crippen molar-refractivity contribution >= 4 is 17.4 Å². The van der Waals surface area contributed by atoms with Gasteiger partial charge in [-0.3, -0.25) is 9.69 Å². The van der Waals surface area contributed by atoms with Crippen LogP contribution in [0.2, 0.25) is 5.02 Å². The highest BCUT2D eigenvalue weighted by molar-refractivity contribution is 6.30. The number of Topliss-reactive ketones (excluding diaryl/α,β-unsaturated/α-hetero) is 1. The van der Waals surface area contributed by atoms with E-state index in [2.05, 4.69) is 17.0 Å². The number of carbonyl (C=O) groups excluding carboxylic acids is 1. The molecule has 4 heteroatoms. The number of ketones is 1. The molecule has 24 heavy (non-hydrogen) atoms. The predicted molar refractivity (Wildman–Crippen MR) is 96.8 cm³/mol. The number of carbonyl (C=O) groups is 1. The van der Waals surface area contributed by atoms with Crippen LogP contribution in [0.15, 0.2) is 48.5 Å². The van der Waals surface area contributed by atoms with Gasteiger partial charge >= 0.3 is 0 Å². The van der Waals surface area contributed by atoms with Gasteiger partial charge in [0.15, 0.2) is 5.78 Å². The molecule has 1 aliphatic rings. The summed E-state index contributed by atoms with van der Waals surface area (Å²) in [6.07, 6.45) is 2.01. The Kier molecular flexibility index (Phi) is 5.54. The number of benzene rings is 2. The Labute approximate surface area is 148 Å². The SMILES string of the molecule is COc1ccc(CN2CCC[C@@H](C(=O)c3ccc(Cl)cc3)C2)cc1. The molecule has 1 aliphatic heterocycles. The van der Waals surface area contributed by atoms with Crippen molar-refractivity contribution in [2.75, 3.05) is 20.2 Å². The van der Waals surface area contributed by atoms with Crippen molar-refractivity contribution < 1.29 is 9.53 Å². The minimum absolute atomic E-state index is 0.0678. The molecule has 3 nitrogen and oxygen atoms in total. The maximum absolute atomic E-state index is 12.7. The fraction of sp³-hybridized carbons (Fsp3) is 0.350. The zero-order valence-electron chi connectivity index (χ0n) is 13.9. The molecular weight excluding hydrogens is 322 g/mol. The zero-order valence-corrected chi connectivity index (χ0v) is 14.6. The van der Waals surface area contributed by atoms with Crippen LogP contribution in [0.25, 0.3) is 0 Å². The minimum atomic E-state index is 0.0678. The van der Waals surface area contributed by atoms with Crippen LogP contribution in [0.5, 0.6) is 5.75 Å². The van der Waals surface area contributed by atoms with E-state index >= 15 is 0 Å². The fourth-order valence-electron chi connectivity index (χ4n) is 3.25. The molecule has 0 bridgehead atoms. The van der Waals surface area contributed by atoms with E-state index in [1.54, 1.807) is 19.2 Å². The van der Waals surface area contributed by atoms with Crippen LogP contribution >= 0.6 is 11.6 Å². The Balaban J connectivity index is 1.63. The summed E-state index contributed by atoms with van der Waals surface area (Å²) in [5.41, 5.74) is 2.01. The van der Waals surface area contributed by atoms with Crippen molar-refractivity contribution in [3.05, 3.63) is 64.7 Å². The van der Waals surface area contributed by atoms with Crippen LogP contribution < -0.4 is 4.74 Å². The molecule has 126 valence electrons. The van der Waals surface area contributed by atoms with Crippen LogP contribution in [0.3, 0.4) is 0 Å². The highest BCUT2D eigenvalue weighted by Crippen LogP contribution is 2.23. The van der Waals surface area contributed by atoms with Crippen LogP contribution in [-0.4, -0.2) is 30.9 Å². The average molecular weight is 344 g/mol. The highest BCUT2D eigenvalue weighted by Gasteiger charge is 2.26. The Bertz CT molecular complexity index is 682. The number of likely N-dealkylation sites (tertiary alicyclic amines) is 1. The van der Waals surface area contributed by atoms with E-state index in [4.69, 9.17) is 16.3 Å². The third-order valence-electron chi connectivity index (χ3n) is 4.57. The minimum Gasteiger partial charge on any atom is -0.497 e. The summed E-state index contributed by atoms with van der Waals surface area (Å²) in [7, 11) is 1.67. The molecule has 1 saturated heterocycles. The molecule has 0 N–H and O–H groups in total. The maximum atomic E-state index is 12.7. The van der Waals surface area contributed by atoms with Gasteiger partial charge in [-0.05, 0) is 61.3 Å². The van der Waals surface area contributed by atoms with Crippen LogP contribution in [0.4, 0.5) is 0 Å². The van der Waals surface area contributed by atoms with E-state index in [0.29, 0.717) is 5.02 Å². The number of piperidine rings is 1. The van der Waals surface area contributed by atoms with Gasteiger partial charge in [-0.1, -0.05) is 23.7 Å². The summed E-state index contributed by atoms with van der Waals surface area (Å²) in [5.74, 6) is 1.16. The lowest BCUT2D eigenvalue weighted by molar-refractivity contribution is 0.0811. The average Bonchev–Trinajstić information content (AvgIpc) is 2.63. The second kappa shape index (κ2) is 7.82. The largest absolute Gasteiger partial charge is 0.497 e. The molecule has 2 aromatic carbocycles. The number of methoxy groups -OCH3 is 1. The van der Waals surface area contributed by atoms with Gasteiger partial charge in [0.2, 0.25) is 0 Å². The van der Waals surface area contributed by atoms with E-state index < -0.39 is 0 Å². The number of nitrogens with zero attached hydrogens (tertiary/aromatic N) is 1. The van der Waals surface area contributed by atoms with Crippen molar-refractivity contribution in [3.8, 4) is 5.75 Å². The van der Waals surface area contributed by atoms with Gasteiger partial charge in [0.05, 0.1) is 7.11 Å². The zero-order chi connectivity index (χ0) is 16.9. The second-order valence-corrected chi connectivity index (χ2v) is 6.73. The molecule has 0 unspecified atom stereocenters. The number of hydrogen-bond acceptors (Lipinski definition) is 3. The molecule has 1 atom stereocenters. The molecule has 1 heterocycles. The standard InChI is InChI=1S/C20H22ClNO2/c1-24-19-10-4-15(5-11-19)13-22-12-2-3-17(14-22)20(23)16-6-8-18(21)9-7-16/h4-11,17H,2-3,12-14H2,1H3/t17-/m1/s1. The van der Waals surface area contributed by atoms with Crippen LogP contribution in [0.1, 0.15) is 28.8 Å². The van der Waals surface area contributed by atoms with Crippen molar-refractivity contribution in [1.29, 1.82) is 0 Å². The molecular formula is C20H22ClNO2. The lowest BCUT2D eigenvalue weighted by Crippen LogP contribution is -2.38. The van der Waals surface area contributed by atoms with Gasteiger partial charge in [0, 0.05) is 29.6 Å². The lowest BCUT2D eigenvalue weighted by atomic mass is 9.90. The molecule has 0 aliphatic carbocycles. The van der Waals surface area contributed by atoms with E-state index in [0.717, 1.165) is 43.8 Å². The molecule has 0 saturated carbocycles. The fourth-order valence-corrected chi connectivity index (χ4v) is 3.38. The van der Waals surface area contributed by atoms with E-state index in [9.17, 15) is 4.79 Å². The summed E-state index contributed by atoms with van der Waals surface area (Å²) in [6.45, 7) is 2.72. The first-order valence-electron chi connectivity index (χ1n) is 8.31. The first kappa shape index (κ1) is 17.0. The molecule has 0 aromatic heterocycles. The van der Waals surface area contributed by atoms with Gasteiger partial charge < -0.3 is 4.74 Å². The van der Waals surface area contributed by atoms with Crippen LogP contribution in [-0.2, 0) is 6.54 Å². The van der Waals surface area contributed by atoms with E-state index in [1.165, 1.54) is 5.56 Å². The monoisotopic (exact) mass is 343 g/mol. The van der Waals surface area contributed by atoms with E-state index in [-0.39, 0.29) is 11.7 Å². The van der Waals surface area contributed by atoms with Gasteiger partial charge in [-0.15, -0.1) is 0 Å². The summed E-state index contributed by atoms with van der Waals surface area (Å²) < 4.78 is 5.20. The smallest absolute Gasteiger partial charge is 0.167 e. The molecule has 3 rings (SSSR count). The molecule has 0 amide bonds. The Morgan fingerprint density at radius 2 is 1.88 bits per heavy atom. The molecule has 0 spiro atoms. The molecule has 0 radical (unpaired) electrons. The first-order chi connectivity index (χ1) is 11.7. The van der Waals surface area contributed by atoms with Crippen LogP contribution in [0, 0.1) is 5.92 Å². The van der Waals surface area contributed by atoms with Gasteiger partial charge in [0.1, 0.15) is 5.75 Å². The Morgan fingerprint density at radius 1 is 1.17 bits per heavy atom. The van der Waals surface area contributed by atoms with Gasteiger partial charge in [-0.2, -0.15) is 0 Å². The molecule has 1 fully saturated rings. The predicted octanol–water partition coefficient (Wildman–Crippen LogP) is 4.44. The van der Waals surface area contributed by atoms with Crippen molar-refractivity contribution in [2.45, 2.75) is 19.4 Å². The summed E-state index contributed by atoms with van der Waals surface area (Å²) in [6, 6.07) is 15.4. The summed E-state index contributed by atoms with van der Waals surface area (Å²) in [5, 5.41) is 0.663.